The first-order chi connectivity index (χ1) is 12.8. The van der Waals surface area contributed by atoms with Crippen LogP contribution in [0.2, 0.25) is 0 Å². The highest BCUT2D eigenvalue weighted by molar-refractivity contribution is 7.47. The second kappa shape index (κ2) is 16.0. The number of esters is 2. The summed E-state index contributed by atoms with van der Waals surface area (Å²) in [6, 6.07) is 0. The lowest BCUT2D eigenvalue weighted by Crippen LogP contribution is -2.29. The topological polar surface area (TPSA) is 134 Å². The molecule has 0 fully saturated rings. The largest absolute Gasteiger partial charge is 0.472 e. The van der Waals surface area contributed by atoms with Crippen molar-refractivity contribution in [2.75, 3.05) is 26.4 Å². The molecule has 0 heterocycles. The van der Waals surface area contributed by atoms with Gasteiger partial charge in [0.25, 0.3) is 0 Å². The molecule has 0 aliphatic rings. The van der Waals surface area contributed by atoms with Gasteiger partial charge >= 0.3 is 19.8 Å². The maximum Gasteiger partial charge on any atom is 0.472 e. The smallest absolute Gasteiger partial charge is 0.462 e. The van der Waals surface area contributed by atoms with E-state index in [0.29, 0.717) is 12.8 Å². The van der Waals surface area contributed by atoms with Crippen LogP contribution >= 0.6 is 7.82 Å². The van der Waals surface area contributed by atoms with Crippen molar-refractivity contribution < 1.29 is 37.6 Å². The number of nitrogens with two attached hydrogens (primary N) is 1. The first kappa shape index (κ1) is 26.0. The molecule has 2 atom stereocenters. The summed E-state index contributed by atoms with van der Waals surface area (Å²) >= 11 is 0. The predicted octanol–water partition coefficient (Wildman–Crippen LogP) is 2.69. The van der Waals surface area contributed by atoms with Crippen LogP contribution in [0.1, 0.15) is 65.2 Å². The molecule has 0 rings (SSSR count). The van der Waals surface area contributed by atoms with E-state index in [9.17, 15) is 19.0 Å². The van der Waals surface area contributed by atoms with E-state index in [1.54, 1.807) is 0 Å². The summed E-state index contributed by atoms with van der Waals surface area (Å²) in [6.07, 6.45) is 4.99. The van der Waals surface area contributed by atoms with Crippen molar-refractivity contribution in [2.45, 2.75) is 71.3 Å². The number of hydrogen-bond donors (Lipinski definition) is 2. The van der Waals surface area contributed by atoms with E-state index in [4.69, 9.17) is 19.7 Å². The van der Waals surface area contributed by atoms with Gasteiger partial charge in [-0.15, -0.1) is 0 Å². The third-order valence-electron chi connectivity index (χ3n) is 3.46. The number of phosphoric ester groups is 1. The van der Waals surface area contributed by atoms with Crippen LogP contribution in [0.5, 0.6) is 0 Å². The van der Waals surface area contributed by atoms with Crippen LogP contribution in [0, 0.1) is 0 Å². The van der Waals surface area contributed by atoms with Gasteiger partial charge in [0.1, 0.15) is 6.61 Å². The number of hydrogen-bond acceptors (Lipinski definition) is 8. The van der Waals surface area contributed by atoms with E-state index in [1.165, 1.54) is 0 Å². The number of carbonyl (C=O) groups excluding carboxylic acids is 2. The molecule has 3 N–H and O–H groups in total. The van der Waals surface area contributed by atoms with Gasteiger partial charge in [-0.1, -0.05) is 39.5 Å². The van der Waals surface area contributed by atoms with Crippen LogP contribution in [0.4, 0.5) is 0 Å². The Hall–Kier alpha value is -0.990. The van der Waals surface area contributed by atoms with Gasteiger partial charge in [-0.25, -0.2) is 4.57 Å². The van der Waals surface area contributed by atoms with Crippen LogP contribution < -0.4 is 5.73 Å². The lowest BCUT2D eigenvalue weighted by molar-refractivity contribution is -0.161. The molecule has 0 aromatic heterocycles. The fourth-order valence-electron chi connectivity index (χ4n) is 2.08. The third kappa shape index (κ3) is 15.7. The highest BCUT2D eigenvalue weighted by Gasteiger charge is 2.25. The van der Waals surface area contributed by atoms with Crippen molar-refractivity contribution >= 4 is 19.8 Å². The first-order valence-electron chi connectivity index (χ1n) is 9.51. The molecule has 0 saturated heterocycles. The minimum Gasteiger partial charge on any atom is -0.462 e. The Morgan fingerprint density at radius 1 is 0.963 bits per heavy atom. The third-order valence-corrected chi connectivity index (χ3v) is 4.45. The Kier molecular flexibility index (Phi) is 15.4. The summed E-state index contributed by atoms with van der Waals surface area (Å²) in [5.74, 6) is -0.910. The quantitative estimate of drug-likeness (QED) is 0.210. The molecule has 10 heteroatoms. The number of carbonyl (C=O) groups is 2. The second-order valence-corrected chi connectivity index (χ2v) is 7.55. The maximum absolute atomic E-state index is 12.0. The standard InChI is InChI=1S/C17H34NO8P/c1-3-5-6-7-8-10-17(20)26-15(13-23-16(19)9-4-2)14-25-27(21,22)24-12-11-18/h15H,3-14,18H2,1-2H3,(H,21,22)/t15-/m1/s1. The average molecular weight is 411 g/mol. The summed E-state index contributed by atoms with van der Waals surface area (Å²) in [6.45, 7) is 3.16. The molecule has 0 spiro atoms. The second-order valence-electron chi connectivity index (χ2n) is 6.10. The Bertz CT molecular complexity index is 460. The normalized spacial score (nSPS) is 14.4. The Labute approximate surface area is 161 Å². The maximum atomic E-state index is 12.0. The molecule has 0 radical (unpaired) electrons. The van der Waals surface area contributed by atoms with E-state index in [0.717, 1.165) is 25.7 Å². The van der Waals surface area contributed by atoms with E-state index in [1.807, 2.05) is 6.92 Å². The fraction of sp³-hybridized carbons (Fsp3) is 0.882. The van der Waals surface area contributed by atoms with Crippen LogP contribution in [0.15, 0.2) is 0 Å². The van der Waals surface area contributed by atoms with Gasteiger partial charge in [-0.2, -0.15) is 0 Å². The lowest BCUT2D eigenvalue weighted by atomic mass is 10.1. The number of ether oxygens (including phenoxy) is 2. The zero-order chi connectivity index (χ0) is 20.5. The molecule has 160 valence electrons. The lowest BCUT2D eigenvalue weighted by Gasteiger charge is -2.19. The molecule has 0 amide bonds. The number of phosphoric acid groups is 1. The zero-order valence-corrected chi connectivity index (χ0v) is 17.3. The van der Waals surface area contributed by atoms with Crippen molar-refractivity contribution in [1.29, 1.82) is 0 Å². The zero-order valence-electron chi connectivity index (χ0n) is 16.4. The first-order valence-corrected chi connectivity index (χ1v) is 11.0. The van der Waals surface area contributed by atoms with Crippen molar-refractivity contribution in [3.63, 3.8) is 0 Å². The Morgan fingerprint density at radius 3 is 2.30 bits per heavy atom. The van der Waals surface area contributed by atoms with Crippen LogP contribution in [0.25, 0.3) is 0 Å². The number of rotatable bonds is 17. The van der Waals surface area contributed by atoms with E-state index in [-0.39, 0.29) is 32.6 Å². The van der Waals surface area contributed by atoms with Crippen molar-refractivity contribution in [3.05, 3.63) is 0 Å². The van der Waals surface area contributed by atoms with Crippen LogP contribution in [-0.4, -0.2) is 49.3 Å². The molecular weight excluding hydrogens is 377 g/mol. The minimum atomic E-state index is -4.31. The van der Waals surface area contributed by atoms with Gasteiger partial charge < -0.3 is 20.1 Å². The highest BCUT2D eigenvalue weighted by Crippen LogP contribution is 2.43. The van der Waals surface area contributed by atoms with Crippen molar-refractivity contribution in [3.8, 4) is 0 Å². The SMILES string of the molecule is CCCCCCCC(=O)O[C@H](COC(=O)CCC)COP(=O)(O)OCCN. The molecule has 9 nitrogen and oxygen atoms in total. The number of unbranched alkanes of at least 4 members (excludes halogenated alkanes) is 4. The van der Waals surface area contributed by atoms with Gasteiger partial charge in [0.05, 0.1) is 13.2 Å². The van der Waals surface area contributed by atoms with E-state index >= 15 is 0 Å². The predicted molar refractivity (Wildman–Crippen MR) is 99.9 cm³/mol. The molecule has 0 aromatic rings. The van der Waals surface area contributed by atoms with Gasteiger partial charge in [-0.3, -0.25) is 18.6 Å². The average Bonchev–Trinajstić information content (AvgIpc) is 2.62. The summed E-state index contributed by atoms with van der Waals surface area (Å²) < 4.78 is 31.4. The molecule has 0 bridgehead atoms. The minimum absolute atomic E-state index is 0.0546. The van der Waals surface area contributed by atoms with Crippen molar-refractivity contribution in [1.82, 2.24) is 0 Å². The highest BCUT2D eigenvalue weighted by atomic mass is 31.2. The Morgan fingerprint density at radius 2 is 1.67 bits per heavy atom. The monoisotopic (exact) mass is 411 g/mol. The molecule has 1 unspecified atom stereocenters. The van der Waals surface area contributed by atoms with Gasteiger partial charge in [-0.05, 0) is 12.8 Å². The summed E-state index contributed by atoms with van der Waals surface area (Å²) in [7, 11) is -4.31. The van der Waals surface area contributed by atoms with Crippen LogP contribution in [0.3, 0.4) is 0 Å². The summed E-state index contributed by atoms with van der Waals surface area (Å²) in [5.41, 5.74) is 5.20. The van der Waals surface area contributed by atoms with E-state index in [2.05, 4.69) is 11.4 Å². The molecule has 27 heavy (non-hydrogen) atoms. The molecule has 0 saturated carbocycles. The fourth-order valence-corrected chi connectivity index (χ4v) is 2.84. The Balaban J connectivity index is 4.47. The van der Waals surface area contributed by atoms with Crippen molar-refractivity contribution in [2.24, 2.45) is 5.73 Å². The molecular formula is C17H34NO8P. The molecule has 0 aliphatic carbocycles. The summed E-state index contributed by atoms with van der Waals surface area (Å²) in [4.78, 5) is 33.0. The van der Waals surface area contributed by atoms with Crippen LogP contribution in [-0.2, 0) is 32.7 Å². The van der Waals surface area contributed by atoms with Gasteiger partial charge in [0.15, 0.2) is 6.10 Å². The summed E-state index contributed by atoms with van der Waals surface area (Å²) in [5, 5.41) is 0. The van der Waals surface area contributed by atoms with E-state index < -0.39 is 32.5 Å². The van der Waals surface area contributed by atoms with Gasteiger partial charge in [0.2, 0.25) is 0 Å². The molecule has 0 aliphatic heterocycles. The molecule has 0 aromatic carbocycles. The van der Waals surface area contributed by atoms with Gasteiger partial charge in [0, 0.05) is 19.4 Å².